The van der Waals surface area contributed by atoms with Crippen LogP contribution in [-0.4, -0.2) is 16.9 Å². The van der Waals surface area contributed by atoms with E-state index < -0.39 is 11.8 Å². The first-order chi connectivity index (χ1) is 7.09. The Hall–Kier alpha value is -1.81. The zero-order valence-corrected chi connectivity index (χ0v) is 8.15. The molecule has 4 nitrogen and oxygen atoms in total. The molecule has 0 saturated carbocycles. The van der Waals surface area contributed by atoms with Crippen LogP contribution in [0.15, 0.2) is 30.0 Å². The van der Waals surface area contributed by atoms with Gasteiger partial charge in [0.2, 0.25) is 5.78 Å². The lowest BCUT2D eigenvalue weighted by Crippen LogP contribution is -2.19. The van der Waals surface area contributed by atoms with Crippen LogP contribution in [-0.2, 0) is 4.79 Å². The molecule has 15 heavy (non-hydrogen) atoms. The standard InChI is InChI=1S/C10H5ClNO3/c11-5-1-2-6-8(3-5)12-4-7(9(6)13)10(14)15/h1-4H,(H,14,15). The van der Waals surface area contributed by atoms with Gasteiger partial charge >= 0.3 is 5.97 Å². The van der Waals surface area contributed by atoms with Crippen molar-refractivity contribution in [2.75, 3.05) is 0 Å². The van der Waals surface area contributed by atoms with Crippen molar-refractivity contribution in [3.05, 3.63) is 40.6 Å². The zero-order chi connectivity index (χ0) is 11.0. The average Bonchev–Trinajstić information content (AvgIpc) is 2.17. The van der Waals surface area contributed by atoms with Gasteiger partial charge in [0.05, 0.1) is 5.69 Å². The average molecular weight is 223 g/mol. The normalized spacial score (nSPS) is 13.9. The highest BCUT2D eigenvalue weighted by atomic mass is 35.5. The Morgan fingerprint density at radius 2 is 2.13 bits per heavy atom. The summed E-state index contributed by atoms with van der Waals surface area (Å²) in [6.45, 7) is 0. The minimum atomic E-state index is -1.27. The molecule has 1 aromatic carbocycles. The predicted molar refractivity (Wildman–Crippen MR) is 53.3 cm³/mol. The van der Waals surface area contributed by atoms with Crippen molar-refractivity contribution in [1.82, 2.24) is 5.32 Å². The van der Waals surface area contributed by atoms with Crippen LogP contribution in [0.3, 0.4) is 0 Å². The summed E-state index contributed by atoms with van der Waals surface area (Å²) in [5, 5.41) is 13.0. The summed E-state index contributed by atoms with van der Waals surface area (Å²) in [4.78, 5) is 22.3. The molecule has 5 heteroatoms. The van der Waals surface area contributed by atoms with Gasteiger partial charge in [0.1, 0.15) is 5.57 Å². The van der Waals surface area contributed by atoms with Gasteiger partial charge in [-0.25, -0.2) is 4.79 Å². The molecular formula is C10H5ClNO3. The summed E-state index contributed by atoms with van der Waals surface area (Å²) in [5.41, 5.74) is 0.335. The number of carboxylic acid groups (broad SMARTS) is 1. The third kappa shape index (κ3) is 1.59. The van der Waals surface area contributed by atoms with Crippen molar-refractivity contribution in [2.24, 2.45) is 0 Å². The van der Waals surface area contributed by atoms with Crippen molar-refractivity contribution in [3.8, 4) is 0 Å². The van der Waals surface area contributed by atoms with E-state index in [1.165, 1.54) is 18.2 Å². The number of hydrogen-bond acceptors (Lipinski definition) is 2. The fraction of sp³-hybridized carbons (Fsp3) is 0. The summed E-state index contributed by atoms with van der Waals surface area (Å²) in [6, 6.07) is 4.52. The zero-order valence-electron chi connectivity index (χ0n) is 7.40. The number of carbonyl (C=O) groups excluding carboxylic acids is 1. The minimum Gasteiger partial charge on any atom is -0.477 e. The number of halogens is 1. The molecule has 0 spiro atoms. The van der Waals surface area contributed by atoms with Crippen molar-refractivity contribution in [1.29, 1.82) is 0 Å². The molecule has 0 unspecified atom stereocenters. The Labute approximate surface area is 90.2 Å². The molecule has 1 N–H and O–H groups in total. The van der Waals surface area contributed by atoms with Gasteiger partial charge in [0.25, 0.3) is 0 Å². The van der Waals surface area contributed by atoms with E-state index in [0.717, 1.165) is 6.20 Å². The second kappa shape index (κ2) is 3.40. The number of hydrogen-bond donors (Lipinski definition) is 1. The van der Waals surface area contributed by atoms with Crippen LogP contribution in [0.2, 0.25) is 5.02 Å². The highest BCUT2D eigenvalue weighted by Gasteiger charge is 2.26. The molecule has 1 heterocycles. The quantitative estimate of drug-likeness (QED) is 0.736. The molecule has 1 radical (unpaired) electrons. The van der Waals surface area contributed by atoms with Crippen LogP contribution in [0.4, 0.5) is 5.69 Å². The fourth-order valence-corrected chi connectivity index (χ4v) is 1.46. The van der Waals surface area contributed by atoms with Gasteiger partial charge in [0, 0.05) is 16.8 Å². The third-order valence-electron chi connectivity index (χ3n) is 2.01. The topological polar surface area (TPSA) is 68.5 Å². The van der Waals surface area contributed by atoms with E-state index >= 15 is 0 Å². The van der Waals surface area contributed by atoms with Crippen LogP contribution in [0, 0.1) is 0 Å². The number of carbonyl (C=O) groups is 2. The van der Waals surface area contributed by atoms with Crippen LogP contribution < -0.4 is 5.32 Å². The first kappa shape index (κ1) is 9.73. The number of rotatable bonds is 1. The van der Waals surface area contributed by atoms with Gasteiger partial charge in [-0.05, 0) is 18.2 Å². The second-order valence-corrected chi connectivity index (χ2v) is 3.40. The van der Waals surface area contributed by atoms with Gasteiger partial charge in [-0.1, -0.05) is 11.6 Å². The van der Waals surface area contributed by atoms with Gasteiger partial charge < -0.3 is 5.11 Å². The molecule has 1 aliphatic heterocycles. The molecule has 2 rings (SSSR count). The van der Waals surface area contributed by atoms with E-state index in [1.54, 1.807) is 0 Å². The Kier molecular flexibility index (Phi) is 2.21. The van der Waals surface area contributed by atoms with E-state index in [-0.39, 0.29) is 11.1 Å². The fourth-order valence-electron chi connectivity index (χ4n) is 1.29. The van der Waals surface area contributed by atoms with Crippen LogP contribution in [0.25, 0.3) is 0 Å². The SMILES string of the molecule is O=C(O)C1=C[N]c2cc(Cl)ccc2C1=O. The van der Waals surface area contributed by atoms with E-state index in [2.05, 4.69) is 5.32 Å². The molecule has 1 aromatic rings. The van der Waals surface area contributed by atoms with Crippen molar-refractivity contribution >= 4 is 29.0 Å². The first-order valence-corrected chi connectivity index (χ1v) is 4.46. The van der Waals surface area contributed by atoms with E-state index in [0.29, 0.717) is 10.7 Å². The Balaban J connectivity index is 2.50. The first-order valence-electron chi connectivity index (χ1n) is 4.08. The lowest BCUT2D eigenvalue weighted by molar-refractivity contribution is -0.132. The van der Waals surface area contributed by atoms with Crippen LogP contribution >= 0.6 is 11.6 Å². The number of fused-ring (bicyclic) bond motifs is 1. The molecule has 75 valence electrons. The smallest absolute Gasteiger partial charge is 0.341 e. The van der Waals surface area contributed by atoms with Gasteiger partial charge in [-0.15, -0.1) is 0 Å². The summed E-state index contributed by atoms with van der Waals surface area (Å²) >= 11 is 5.71. The molecule has 0 amide bonds. The monoisotopic (exact) mass is 222 g/mol. The van der Waals surface area contributed by atoms with E-state index in [9.17, 15) is 9.59 Å². The van der Waals surface area contributed by atoms with Crippen molar-refractivity contribution in [3.63, 3.8) is 0 Å². The van der Waals surface area contributed by atoms with Gasteiger partial charge in [0.15, 0.2) is 0 Å². The maximum atomic E-state index is 11.6. The third-order valence-corrected chi connectivity index (χ3v) is 2.25. The van der Waals surface area contributed by atoms with Crippen LogP contribution in [0.1, 0.15) is 10.4 Å². The summed E-state index contributed by atoms with van der Waals surface area (Å²) in [5.74, 6) is -1.81. The number of ketones is 1. The maximum Gasteiger partial charge on any atom is 0.341 e. The summed E-state index contributed by atoms with van der Waals surface area (Å²) < 4.78 is 0. The Morgan fingerprint density at radius 3 is 2.80 bits per heavy atom. The maximum absolute atomic E-state index is 11.6. The number of nitrogens with zero attached hydrogens (tertiary/aromatic N) is 1. The molecular weight excluding hydrogens is 218 g/mol. The minimum absolute atomic E-state index is 0.263. The van der Waals surface area contributed by atoms with Crippen molar-refractivity contribution in [2.45, 2.75) is 0 Å². The van der Waals surface area contributed by atoms with E-state index in [1.807, 2.05) is 0 Å². The summed E-state index contributed by atoms with van der Waals surface area (Å²) in [6.07, 6.45) is 1.04. The molecule has 0 fully saturated rings. The van der Waals surface area contributed by atoms with Gasteiger partial charge in [-0.2, -0.15) is 0 Å². The number of benzene rings is 1. The molecule has 0 aliphatic carbocycles. The largest absolute Gasteiger partial charge is 0.477 e. The highest BCUT2D eigenvalue weighted by molar-refractivity contribution is 6.32. The molecule has 0 saturated heterocycles. The lowest BCUT2D eigenvalue weighted by atomic mass is 9.99. The second-order valence-electron chi connectivity index (χ2n) is 2.97. The highest BCUT2D eigenvalue weighted by Crippen LogP contribution is 2.27. The Morgan fingerprint density at radius 1 is 1.40 bits per heavy atom. The van der Waals surface area contributed by atoms with E-state index in [4.69, 9.17) is 16.7 Å². The molecule has 0 atom stereocenters. The van der Waals surface area contributed by atoms with Gasteiger partial charge in [-0.3, -0.25) is 10.1 Å². The number of Topliss-reactive ketones (excluding diaryl/α,β-unsaturated/α-hetero) is 1. The van der Waals surface area contributed by atoms with Crippen LogP contribution in [0.5, 0.6) is 0 Å². The number of carboxylic acids is 1. The molecule has 0 bridgehead atoms. The lowest BCUT2D eigenvalue weighted by Gasteiger charge is -2.12. The predicted octanol–water partition coefficient (Wildman–Crippen LogP) is 1.74. The van der Waals surface area contributed by atoms with Crippen molar-refractivity contribution < 1.29 is 14.7 Å². The molecule has 1 aliphatic rings. The summed E-state index contributed by atoms with van der Waals surface area (Å²) in [7, 11) is 0. The number of aliphatic carboxylic acids is 1. The Bertz CT molecular complexity index is 493. The molecule has 0 aromatic heterocycles.